The molecule has 44 heavy (non-hydrogen) atoms. The first-order chi connectivity index (χ1) is 20.5. The van der Waals surface area contributed by atoms with E-state index in [9.17, 15) is 35.4 Å². The molecule has 0 bridgehead atoms. The number of aliphatic hydroxyl groups is 6. The maximum Gasteiger partial charge on any atom is 0.251 e. The second-order valence-electron chi connectivity index (χ2n) is 13.1. The van der Waals surface area contributed by atoms with Crippen molar-refractivity contribution in [2.45, 2.75) is 131 Å². The molecule has 0 spiro atoms. The minimum Gasteiger partial charge on any atom is -0.389 e. The lowest BCUT2D eigenvalue weighted by molar-refractivity contribution is -0.307. The Morgan fingerprint density at radius 2 is 1.75 bits per heavy atom. The van der Waals surface area contributed by atoms with Crippen LogP contribution in [0.1, 0.15) is 40.0 Å². The van der Waals surface area contributed by atoms with E-state index in [4.69, 9.17) is 36.1 Å². The van der Waals surface area contributed by atoms with E-state index in [-0.39, 0.29) is 25.7 Å². The molecule has 2 saturated heterocycles. The molecule has 1 aliphatic carbocycles. The van der Waals surface area contributed by atoms with Crippen LogP contribution < -0.4 is 33.2 Å². The molecule has 0 aromatic rings. The number of likely N-dealkylation sites (N-methyl/N-ethyl adjacent to an activating group) is 1. The summed E-state index contributed by atoms with van der Waals surface area (Å²) in [5, 5.41) is 71.8. The Labute approximate surface area is 257 Å². The zero-order valence-corrected chi connectivity index (χ0v) is 25.9. The highest BCUT2D eigenvalue weighted by molar-refractivity contribution is 5.81. The van der Waals surface area contributed by atoms with Crippen LogP contribution in [-0.4, -0.2) is 161 Å². The second-order valence-corrected chi connectivity index (χ2v) is 13.1. The van der Waals surface area contributed by atoms with E-state index in [1.807, 2.05) is 0 Å². The Bertz CT molecular complexity index is 914. The summed E-state index contributed by atoms with van der Waals surface area (Å²) in [6, 6.07) is -3.30. The molecule has 17 nitrogen and oxygen atoms in total. The Kier molecular flexibility index (Phi) is 13.3. The summed E-state index contributed by atoms with van der Waals surface area (Å²) in [4.78, 5) is 12.8. The van der Waals surface area contributed by atoms with Gasteiger partial charge in [0.25, 0.3) is 5.91 Å². The van der Waals surface area contributed by atoms with Crippen LogP contribution in [0.5, 0.6) is 0 Å². The number of carbonyl (C=O) groups excluding carboxylic acids is 1. The molecule has 6 unspecified atom stereocenters. The molecule has 1 amide bonds. The van der Waals surface area contributed by atoms with Crippen LogP contribution >= 0.6 is 0 Å². The van der Waals surface area contributed by atoms with Gasteiger partial charge < -0.3 is 82.7 Å². The first-order valence-electron chi connectivity index (χ1n) is 15.1. The van der Waals surface area contributed by atoms with Crippen molar-refractivity contribution in [1.82, 2.24) is 16.0 Å². The summed E-state index contributed by atoms with van der Waals surface area (Å²) >= 11 is 0. The molecule has 0 aromatic heterocycles. The van der Waals surface area contributed by atoms with Gasteiger partial charge >= 0.3 is 0 Å². The normalized spacial score (nSPS) is 41.6. The van der Waals surface area contributed by atoms with Gasteiger partial charge in [-0.25, -0.2) is 0 Å². The van der Waals surface area contributed by atoms with Gasteiger partial charge in [0.2, 0.25) is 0 Å². The molecule has 15 N–H and O–H groups in total. The van der Waals surface area contributed by atoms with Crippen molar-refractivity contribution in [3.8, 4) is 0 Å². The van der Waals surface area contributed by atoms with Crippen molar-refractivity contribution in [2.24, 2.45) is 17.2 Å². The summed E-state index contributed by atoms with van der Waals surface area (Å²) in [5.41, 5.74) is 15.8. The molecule has 1 saturated carbocycles. The molecule has 14 atom stereocenters. The zero-order chi connectivity index (χ0) is 33.0. The molecular formula is C27H54N6O11. The largest absolute Gasteiger partial charge is 0.389 e. The van der Waals surface area contributed by atoms with E-state index in [1.165, 1.54) is 6.92 Å². The lowest BCUT2D eigenvalue weighted by atomic mass is 9.83. The number of rotatable bonds is 13. The van der Waals surface area contributed by atoms with Gasteiger partial charge in [0, 0.05) is 25.7 Å². The fourth-order valence-electron chi connectivity index (χ4n) is 5.88. The van der Waals surface area contributed by atoms with Crippen LogP contribution in [0.4, 0.5) is 0 Å². The molecule has 3 rings (SSSR count). The number of hydrogen-bond acceptors (Lipinski definition) is 16. The third kappa shape index (κ3) is 9.46. The van der Waals surface area contributed by atoms with Gasteiger partial charge in [-0.05, 0) is 47.1 Å². The summed E-state index contributed by atoms with van der Waals surface area (Å²) in [6.07, 6.45) is -10.1. The van der Waals surface area contributed by atoms with Gasteiger partial charge in [-0.3, -0.25) is 4.79 Å². The van der Waals surface area contributed by atoms with Crippen LogP contribution in [0.25, 0.3) is 0 Å². The van der Waals surface area contributed by atoms with Crippen LogP contribution in [-0.2, 0) is 23.7 Å². The average molecular weight is 639 g/mol. The first-order valence-corrected chi connectivity index (χ1v) is 15.1. The van der Waals surface area contributed by atoms with Crippen molar-refractivity contribution in [2.75, 3.05) is 33.3 Å². The molecule has 2 aliphatic heterocycles. The highest BCUT2D eigenvalue weighted by atomic mass is 16.7. The minimum absolute atomic E-state index is 0.0158. The highest BCUT2D eigenvalue weighted by Crippen LogP contribution is 2.32. The van der Waals surface area contributed by atoms with Crippen LogP contribution in [0.2, 0.25) is 0 Å². The molecule has 0 radical (unpaired) electrons. The quantitative estimate of drug-likeness (QED) is 0.0894. The molecule has 3 aliphatic rings. The summed E-state index contributed by atoms with van der Waals surface area (Å²) in [7, 11) is 1.55. The van der Waals surface area contributed by atoms with E-state index >= 15 is 0 Å². The number of nitrogens with one attached hydrogen (secondary N) is 3. The van der Waals surface area contributed by atoms with Crippen LogP contribution in [0.3, 0.4) is 0 Å². The minimum atomic E-state index is -1.86. The number of amides is 1. The molecule has 0 aromatic carbocycles. The van der Waals surface area contributed by atoms with Gasteiger partial charge in [-0.2, -0.15) is 0 Å². The van der Waals surface area contributed by atoms with E-state index in [0.717, 1.165) is 0 Å². The Balaban J connectivity index is 1.78. The molecule has 3 fully saturated rings. The average Bonchev–Trinajstić information content (AvgIpc) is 2.94. The van der Waals surface area contributed by atoms with Crippen molar-refractivity contribution in [3.63, 3.8) is 0 Å². The third-order valence-corrected chi connectivity index (χ3v) is 8.37. The molecule has 258 valence electrons. The fraction of sp³-hybridized carbons (Fsp3) is 0.963. The predicted octanol–water partition coefficient (Wildman–Crippen LogP) is -5.74. The number of aliphatic hydroxyl groups excluding tert-OH is 4. The van der Waals surface area contributed by atoms with Crippen molar-refractivity contribution >= 4 is 5.91 Å². The SMILES string of the molecule is CN[C@@H]1C(O)[C@@H](OC2C(O)C(O[C@H]3O[C@H](CNCC(C)(C)O)CCC3N)[C@@H](N)C[C@H]2NC(=O)[C@@H](O)[C@@H](O)CN)OCC1(C)O. The number of hydrogen-bond donors (Lipinski definition) is 12. The summed E-state index contributed by atoms with van der Waals surface area (Å²) in [6.45, 7) is 5.04. The lowest BCUT2D eigenvalue weighted by Crippen LogP contribution is -2.69. The van der Waals surface area contributed by atoms with Crippen LogP contribution in [0, 0.1) is 0 Å². The van der Waals surface area contributed by atoms with Gasteiger partial charge in [0.15, 0.2) is 18.7 Å². The van der Waals surface area contributed by atoms with Crippen molar-refractivity contribution in [3.05, 3.63) is 0 Å². The summed E-state index contributed by atoms with van der Waals surface area (Å²) < 4.78 is 23.9. The van der Waals surface area contributed by atoms with E-state index in [0.29, 0.717) is 25.9 Å². The predicted molar refractivity (Wildman–Crippen MR) is 156 cm³/mol. The molecular weight excluding hydrogens is 584 g/mol. The van der Waals surface area contributed by atoms with Gasteiger partial charge in [0.05, 0.1) is 36.4 Å². The first kappa shape index (κ1) is 37.3. The Morgan fingerprint density at radius 3 is 2.36 bits per heavy atom. The summed E-state index contributed by atoms with van der Waals surface area (Å²) in [5.74, 6) is -0.972. The number of carbonyl (C=O) groups is 1. The van der Waals surface area contributed by atoms with E-state index in [2.05, 4.69) is 16.0 Å². The maximum absolute atomic E-state index is 12.8. The fourth-order valence-corrected chi connectivity index (χ4v) is 5.88. The monoisotopic (exact) mass is 638 g/mol. The topological polar surface area (TPSA) is 290 Å². The Morgan fingerprint density at radius 1 is 1.09 bits per heavy atom. The molecule has 2 heterocycles. The number of ether oxygens (including phenoxy) is 4. The second kappa shape index (κ2) is 15.6. The van der Waals surface area contributed by atoms with Crippen molar-refractivity contribution in [1.29, 1.82) is 0 Å². The maximum atomic E-state index is 12.8. The smallest absolute Gasteiger partial charge is 0.251 e. The standard InChI is InChI=1S/C27H54N6O11/c1-26(2,39)10-32-9-12-5-6-13(29)24(42-12)43-20-14(30)7-15(33-23(38)17(35)16(34)8-28)21(18(20)36)44-25-19(37)22(31-4)27(3,40)11-41-25/h12-22,24-25,31-32,34-37,39-40H,5-11,28-30H2,1-4H3,(H,33,38)/t12-,13?,14-,15+,16-,17-,18?,19?,20?,21?,22+,24+,25+,27?/m0/s1. The third-order valence-electron chi connectivity index (χ3n) is 8.37. The van der Waals surface area contributed by atoms with E-state index < -0.39 is 90.5 Å². The molecule has 17 heteroatoms. The van der Waals surface area contributed by atoms with E-state index in [1.54, 1.807) is 20.9 Å². The Hall–Kier alpha value is -1.13. The van der Waals surface area contributed by atoms with Gasteiger partial charge in [0.1, 0.15) is 36.1 Å². The lowest BCUT2D eigenvalue weighted by Gasteiger charge is -2.49. The number of nitrogens with two attached hydrogens (primary N) is 3. The van der Waals surface area contributed by atoms with Crippen molar-refractivity contribution < 1.29 is 54.4 Å². The zero-order valence-electron chi connectivity index (χ0n) is 25.9. The highest BCUT2D eigenvalue weighted by Gasteiger charge is 2.52. The van der Waals surface area contributed by atoms with Gasteiger partial charge in [-0.15, -0.1) is 0 Å². The van der Waals surface area contributed by atoms with Crippen LogP contribution in [0.15, 0.2) is 0 Å². The van der Waals surface area contributed by atoms with Gasteiger partial charge in [-0.1, -0.05) is 0 Å².